The van der Waals surface area contributed by atoms with Crippen LogP contribution in [0.5, 0.6) is 0 Å². The van der Waals surface area contributed by atoms with Gasteiger partial charge < -0.3 is 4.57 Å². The average Bonchev–Trinajstić information content (AvgIpc) is 3.70. The highest BCUT2D eigenvalue weighted by Crippen LogP contribution is 2.47. The number of alkyl halides is 12. The third kappa shape index (κ3) is 9.67. The molecule has 0 radical (unpaired) electrons. The largest absolute Gasteiger partial charge is 0.417 e. The van der Waals surface area contributed by atoms with Gasteiger partial charge in [0.1, 0.15) is 0 Å². The van der Waals surface area contributed by atoms with Crippen LogP contribution in [0.15, 0.2) is 194 Å². The first-order valence-electron chi connectivity index (χ1n) is 23.5. The van der Waals surface area contributed by atoms with Crippen LogP contribution in [-0.4, -0.2) is 4.57 Å². The van der Waals surface area contributed by atoms with Crippen molar-refractivity contribution in [3.63, 3.8) is 0 Å². The maximum Gasteiger partial charge on any atom is 0.417 e. The van der Waals surface area contributed by atoms with Gasteiger partial charge in [-0.15, -0.1) is 0 Å². The molecular weight excluding hydrogens is 987 g/mol. The molecule has 1 nitrogen and oxygen atoms in total. The Balaban J connectivity index is 1.27. The molecule has 10 rings (SSSR count). The topological polar surface area (TPSA) is 4.93 Å². The van der Waals surface area contributed by atoms with Gasteiger partial charge in [0.05, 0.1) is 33.3 Å². The molecule has 1 heterocycles. The number of para-hydroxylation sites is 1. The highest BCUT2D eigenvalue weighted by Gasteiger charge is 2.37. The van der Waals surface area contributed by atoms with Crippen molar-refractivity contribution in [1.29, 1.82) is 0 Å². The summed E-state index contributed by atoms with van der Waals surface area (Å²) in [5.74, 6) is 0. The second kappa shape index (κ2) is 18.4. The molecule has 378 valence electrons. The Morgan fingerprint density at radius 2 is 0.533 bits per heavy atom. The lowest BCUT2D eigenvalue weighted by molar-refractivity contribution is -0.137. The predicted molar refractivity (Wildman–Crippen MR) is 272 cm³/mol. The van der Waals surface area contributed by atoms with E-state index in [0.29, 0.717) is 32.9 Å². The molecule has 0 atom stereocenters. The normalized spacial score (nSPS) is 12.7. The molecule has 75 heavy (non-hydrogen) atoms. The SMILES string of the molecule is CC(C)(C)c1ccccc1-n1c2ccc(-c3cc(-c4ccccc4C(F)(F)F)cc(-c4ccccc4C(F)(F)F)c3)cc2c2cc(-c3cc(-c4ccccc4C(F)(F)F)cc(-c4ccccc4C(F)(F)F)c3)ccc21. The van der Waals surface area contributed by atoms with Crippen molar-refractivity contribution >= 4 is 21.8 Å². The molecule has 13 heteroatoms. The summed E-state index contributed by atoms with van der Waals surface area (Å²) in [6.07, 6.45) is -19.3. The number of nitrogens with zero attached hydrogens (tertiary/aromatic N) is 1. The zero-order valence-corrected chi connectivity index (χ0v) is 40.0. The lowest BCUT2D eigenvalue weighted by atomic mass is 9.85. The third-order valence-corrected chi connectivity index (χ3v) is 13.4. The van der Waals surface area contributed by atoms with Crippen LogP contribution in [0.1, 0.15) is 48.6 Å². The van der Waals surface area contributed by atoms with E-state index in [0.717, 1.165) is 35.5 Å². The first-order chi connectivity index (χ1) is 35.4. The van der Waals surface area contributed by atoms with Crippen LogP contribution in [0, 0.1) is 0 Å². The summed E-state index contributed by atoms with van der Waals surface area (Å²) in [6, 6.07) is 46.2. The zero-order chi connectivity index (χ0) is 53.4. The van der Waals surface area contributed by atoms with Crippen molar-refractivity contribution in [3.05, 3.63) is 222 Å². The molecular formula is C62H41F12N. The Labute approximate surface area is 423 Å². The summed E-state index contributed by atoms with van der Waals surface area (Å²) in [4.78, 5) is 0. The van der Waals surface area contributed by atoms with Gasteiger partial charge in [-0.2, -0.15) is 52.7 Å². The van der Waals surface area contributed by atoms with Crippen molar-refractivity contribution < 1.29 is 52.7 Å². The van der Waals surface area contributed by atoms with Crippen molar-refractivity contribution in [3.8, 4) is 72.4 Å². The van der Waals surface area contributed by atoms with Gasteiger partial charge in [0, 0.05) is 16.5 Å². The van der Waals surface area contributed by atoms with E-state index in [1.807, 2.05) is 61.7 Å². The molecule has 1 aromatic heterocycles. The summed E-state index contributed by atoms with van der Waals surface area (Å²) in [6.45, 7) is 6.15. The Morgan fingerprint density at radius 3 is 0.827 bits per heavy atom. The third-order valence-electron chi connectivity index (χ3n) is 13.4. The van der Waals surface area contributed by atoms with E-state index in [9.17, 15) is 52.7 Å². The molecule has 0 N–H and O–H groups in total. The van der Waals surface area contributed by atoms with E-state index in [2.05, 4.69) is 0 Å². The summed E-state index contributed by atoms with van der Waals surface area (Å²) in [5, 5.41) is 1.15. The van der Waals surface area contributed by atoms with Crippen LogP contribution < -0.4 is 0 Å². The van der Waals surface area contributed by atoms with E-state index in [1.165, 1.54) is 109 Å². The Hall–Kier alpha value is -8.06. The maximum atomic E-state index is 14.6. The Bertz CT molecular complexity index is 3450. The molecule has 10 aromatic rings. The first kappa shape index (κ1) is 50.5. The van der Waals surface area contributed by atoms with E-state index in [4.69, 9.17) is 0 Å². The fraction of sp³-hybridized carbons (Fsp3) is 0.129. The number of fused-ring (bicyclic) bond motifs is 3. The lowest BCUT2D eigenvalue weighted by Gasteiger charge is -2.24. The maximum absolute atomic E-state index is 14.6. The first-order valence-corrected chi connectivity index (χ1v) is 23.5. The van der Waals surface area contributed by atoms with Crippen molar-refractivity contribution in [1.82, 2.24) is 4.57 Å². The zero-order valence-electron chi connectivity index (χ0n) is 40.0. The second-order valence-corrected chi connectivity index (χ2v) is 19.3. The average molecular weight is 1030 g/mol. The lowest BCUT2D eigenvalue weighted by Crippen LogP contribution is -2.15. The minimum atomic E-state index is -4.82. The van der Waals surface area contributed by atoms with Crippen molar-refractivity contribution in [2.45, 2.75) is 50.9 Å². The molecule has 9 aromatic carbocycles. The van der Waals surface area contributed by atoms with Gasteiger partial charge in [-0.05, 0) is 169 Å². The molecule has 0 saturated carbocycles. The molecule has 0 aliphatic rings. The van der Waals surface area contributed by atoms with E-state index in [1.54, 1.807) is 24.3 Å². The monoisotopic (exact) mass is 1030 g/mol. The predicted octanol–water partition coefficient (Wildman–Crippen LogP) is 20.2. The molecule has 0 saturated heterocycles. The number of hydrogen-bond acceptors (Lipinski definition) is 0. The van der Waals surface area contributed by atoms with E-state index >= 15 is 0 Å². The molecule has 0 aliphatic heterocycles. The highest BCUT2D eigenvalue weighted by molar-refractivity contribution is 6.12. The van der Waals surface area contributed by atoms with Crippen molar-refractivity contribution in [2.75, 3.05) is 0 Å². The number of rotatable bonds is 7. The van der Waals surface area contributed by atoms with Gasteiger partial charge >= 0.3 is 24.7 Å². The standard InChI is InChI=1S/C62H41F12N/c1-58(2,3)54-22-12-13-23-57(54)75-55-26-24-36(38-28-40(44-14-4-8-18-50(44)59(63,64)65)32-41(29-38)45-15-5-9-19-51(45)60(66,67)68)34-48(55)49-35-37(25-27-56(49)75)39-30-42(46-16-6-10-20-52(46)61(69,70)71)33-43(31-39)47-17-7-11-21-53(47)62(72,73)74/h4-35H,1-3H3. The minimum absolute atomic E-state index is 0.00574. The van der Waals surface area contributed by atoms with Gasteiger partial charge in [-0.25, -0.2) is 0 Å². The molecule has 0 aliphatic carbocycles. The fourth-order valence-electron chi connectivity index (χ4n) is 10.1. The van der Waals surface area contributed by atoms with Crippen LogP contribution in [0.2, 0.25) is 0 Å². The van der Waals surface area contributed by atoms with Crippen molar-refractivity contribution in [2.24, 2.45) is 0 Å². The van der Waals surface area contributed by atoms with Crippen LogP contribution in [0.4, 0.5) is 52.7 Å². The molecule has 0 fully saturated rings. The molecule has 0 bridgehead atoms. The number of aromatic nitrogens is 1. The molecule has 0 unspecified atom stereocenters. The number of benzene rings is 9. The second-order valence-electron chi connectivity index (χ2n) is 19.3. The quantitative estimate of drug-likeness (QED) is 0.140. The Kier molecular flexibility index (Phi) is 12.4. The molecule has 0 spiro atoms. The summed E-state index contributed by atoms with van der Waals surface area (Å²) >= 11 is 0. The van der Waals surface area contributed by atoms with Crippen LogP contribution in [0.3, 0.4) is 0 Å². The van der Waals surface area contributed by atoms with Crippen LogP contribution in [-0.2, 0) is 30.1 Å². The number of halogens is 12. The highest BCUT2D eigenvalue weighted by atomic mass is 19.4. The summed E-state index contributed by atoms with van der Waals surface area (Å²) < 4.78 is 178. The van der Waals surface area contributed by atoms with Crippen LogP contribution >= 0.6 is 0 Å². The van der Waals surface area contributed by atoms with E-state index < -0.39 is 52.4 Å². The summed E-state index contributed by atoms with van der Waals surface area (Å²) in [7, 11) is 0. The Morgan fingerprint density at radius 1 is 0.267 bits per heavy atom. The summed E-state index contributed by atoms with van der Waals surface area (Å²) in [5.41, 5.74) is -0.891. The minimum Gasteiger partial charge on any atom is -0.309 e. The van der Waals surface area contributed by atoms with Crippen LogP contribution in [0.25, 0.3) is 94.3 Å². The van der Waals surface area contributed by atoms with Gasteiger partial charge in [0.25, 0.3) is 0 Å². The number of hydrogen-bond donors (Lipinski definition) is 0. The van der Waals surface area contributed by atoms with E-state index in [-0.39, 0.29) is 55.6 Å². The molecule has 0 amide bonds. The van der Waals surface area contributed by atoms with Gasteiger partial charge in [0.2, 0.25) is 0 Å². The van der Waals surface area contributed by atoms with Gasteiger partial charge in [-0.1, -0.05) is 124 Å². The van der Waals surface area contributed by atoms with Gasteiger partial charge in [0.15, 0.2) is 0 Å². The van der Waals surface area contributed by atoms with Gasteiger partial charge in [-0.3, -0.25) is 0 Å². The smallest absolute Gasteiger partial charge is 0.309 e. The fourth-order valence-corrected chi connectivity index (χ4v) is 10.1.